The molecule has 0 radical (unpaired) electrons. The van der Waals surface area contributed by atoms with E-state index in [4.69, 9.17) is 16.7 Å². The lowest BCUT2D eigenvalue weighted by Gasteiger charge is -2.09. The Morgan fingerprint density at radius 1 is 1.50 bits per heavy atom. The zero-order valence-corrected chi connectivity index (χ0v) is 9.55. The van der Waals surface area contributed by atoms with Gasteiger partial charge < -0.3 is 10.4 Å². The van der Waals surface area contributed by atoms with Crippen LogP contribution in [0.4, 0.5) is 4.79 Å². The topological polar surface area (TPSA) is 49.3 Å². The minimum Gasteiger partial charge on any atom is -0.465 e. The van der Waals surface area contributed by atoms with Crippen molar-refractivity contribution < 1.29 is 9.90 Å². The molecule has 0 aliphatic carbocycles. The predicted octanol–water partition coefficient (Wildman–Crippen LogP) is 3.00. The number of carbonyl (C=O) groups is 1. The lowest BCUT2D eigenvalue weighted by Crippen LogP contribution is -2.24. The average Bonchev–Trinajstić information content (AvgIpc) is 2.15. The number of alkyl halides is 1. The maximum Gasteiger partial charge on any atom is 0.404 e. The van der Waals surface area contributed by atoms with Crippen molar-refractivity contribution in [3.8, 4) is 0 Å². The van der Waals surface area contributed by atoms with Gasteiger partial charge in [0.2, 0.25) is 0 Å². The van der Waals surface area contributed by atoms with Crippen LogP contribution in [0.5, 0.6) is 0 Å². The van der Waals surface area contributed by atoms with Crippen LogP contribution in [0.15, 0.2) is 28.7 Å². The van der Waals surface area contributed by atoms with Gasteiger partial charge in [0.1, 0.15) is 0 Å². The molecular formula is C9H9BrClNO2. The molecule has 1 unspecified atom stereocenters. The normalized spacial score (nSPS) is 12.1. The summed E-state index contributed by atoms with van der Waals surface area (Å²) in [5.41, 5.74) is 0.892. The molecule has 0 spiro atoms. The molecule has 1 aromatic rings. The second-order valence-corrected chi connectivity index (χ2v) is 4.15. The van der Waals surface area contributed by atoms with Crippen molar-refractivity contribution in [3.63, 3.8) is 0 Å². The van der Waals surface area contributed by atoms with Gasteiger partial charge in [0.15, 0.2) is 0 Å². The number of hydrogen-bond donors (Lipinski definition) is 2. The smallest absolute Gasteiger partial charge is 0.404 e. The molecule has 0 saturated carbocycles. The monoisotopic (exact) mass is 277 g/mol. The molecule has 5 heteroatoms. The fraction of sp³-hybridized carbons (Fsp3) is 0.222. The van der Waals surface area contributed by atoms with Crippen LogP contribution >= 0.6 is 27.5 Å². The van der Waals surface area contributed by atoms with Gasteiger partial charge in [-0.2, -0.15) is 0 Å². The molecule has 0 aromatic heterocycles. The van der Waals surface area contributed by atoms with Gasteiger partial charge in [-0.15, -0.1) is 11.6 Å². The van der Waals surface area contributed by atoms with Gasteiger partial charge in [-0.05, 0) is 17.7 Å². The molecule has 1 rings (SSSR count). The Bertz CT molecular complexity index is 315. The van der Waals surface area contributed by atoms with Crippen LogP contribution in [0.2, 0.25) is 0 Å². The molecule has 0 saturated heterocycles. The Hall–Kier alpha value is -0.740. The van der Waals surface area contributed by atoms with Gasteiger partial charge in [-0.25, -0.2) is 4.79 Å². The molecule has 0 aliphatic heterocycles. The largest absolute Gasteiger partial charge is 0.465 e. The van der Waals surface area contributed by atoms with Crippen LogP contribution < -0.4 is 5.32 Å². The van der Waals surface area contributed by atoms with Crippen molar-refractivity contribution in [2.24, 2.45) is 0 Å². The molecule has 0 aliphatic rings. The molecule has 1 amide bonds. The van der Waals surface area contributed by atoms with Gasteiger partial charge in [-0.1, -0.05) is 28.1 Å². The Kier molecular flexibility index (Phi) is 4.22. The van der Waals surface area contributed by atoms with E-state index in [9.17, 15) is 4.79 Å². The first-order valence-electron chi connectivity index (χ1n) is 3.96. The van der Waals surface area contributed by atoms with E-state index in [2.05, 4.69) is 21.2 Å². The van der Waals surface area contributed by atoms with E-state index >= 15 is 0 Å². The fourth-order valence-electron chi connectivity index (χ4n) is 0.966. The van der Waals surface area contributed by atoms with Gasteiger partial charge in [0.05, 0.1) is 5.38 Å². The van der Waals surface area contributed by atoms with E-state index in [-0.39, 0.29) is 11.9 Å². The summed E-state index contributed by atoms with van der Waals surface area (Å²) in [4.78, 5) is 10.2. The highest BCUT2D eigenvalue weighted by Crippen LogP contribution is 2.21. The Morgan fingerprint density at radius 3 is 2.57 bits per heavy atom. The van der Waals surface area contributed by atoms with Gasteiger partial charge >= 0.3 is 6.09 Å². The summed E-state index contributed by atoms with van der Waals surface area (Å²) >= 11 is 9.27. The Balaban J connectivity index is 2.56. The number of rotatable bonds is 3. The standard InChI is InChI=1S/C9H9BrClNO2/c10-7-3-1-6(2-4-7)8(11)5-12-9(13)14/h1-4,8,12H,5H2,(H,13,14). The molecule has 0 fully saturated rings. The summed E-state index contributed by atoms with van der Waals surface area (Å²) in [5.74, 6) is 0. The second-order valence-electron chi connectivity index (χ2n) is 2.71. The first kappa shape index (κ1) is 11.3. The summed E-state index contributed by atoms with van der Waals surface area (Å²) < 4.78 is 0.969. The summed E-state index contributed by atoms with van der Waals surface area (Å²) in [6.07, 6.45) is -1.06. The maximum atomic E-state index is 10.2. The molecule has 1 aromatic carbocycles. The summed E-state index contributed by atoms with van der Waals surface area (Å²) in [6, 6.07) is 7.44. The van der Waals surface area contributed by atoms with Gasteiger partial charge in [-0.3, -0.25) is 0 Å². The average molecular weight is 279 g/mol. The van der Waals surface area contributed by atoms with E-state index in [1.54, 1.807) is 0 Å². The first-order chi connectivity index (χ1) is 6.59. The molecule has 0 bridgehead atoms. The van der Waals surface area contributed by atoms with Gasteiger partial charge in [0.25, 0.3) is 0 Å². The van der Waals surface area contributed by atoms with Crippen molar-refractivity contribution in [1.82, 2.24) is 5.32 Å². The number of nitrogens with one attached hydrogen (secondary N) is 1. The van der Waals surface area contributed by atoms with Crippen LogP contribution in [0, 0.1) is 0 Å². The molecule has 0 heterocycles. The summed E-state index contributed by atoms with van der Waals surface area (Å²) in [7, 11) is 0. The Labute approximate surface area is 95.2 Å². The van der Waals surface area contributed by atoms with Crippen molar-refractivity contribution in [2.75, 3.05) is 6.54 Å². The summed E-state index contributed by atoms with van der Waals surface area (Å²) in [5, 5.41) is 10.3. The highest BCUT2D eigenvalue weighted by molar-refractivity contribution is 9.10. The summed E-state index contributed by atoms with van der Waals surface area (Å²) in [6.45, 7) is 0.207. The molecule has 14 heavy (non-hydrogen) atoms. The number of hydrogen-bond acceptors (Lipinski definition) is 1. The fourth-order valence-corrected chi connectivity index (χ4v) is 1.45. The third kappa shape index (κ3) is 3.55. The second kappa shape index (κ2) is 5.22. The van der Waals surface area contributed by atoms with Crippen LogP contribution in [0.1, 0.15) is 10.9 Å². The molecule has 2 N–H and O–H groups in total. The number of carboxylic acid groups (broad SMARTS) is 1. The minimum atomic E-state index is -1.06. The SMILES string of the molecule is O=C(O)NCC(Cl)c1ccc(Br)cc1. The van der Waals surface area contributed by atoms with Crippen LogP contribution in [0.3, 0.4) is 0 Å². The quantitative estimate of drug-likeness (QED) is 0.835. The zero-order chi connectivity index (χ0) is 10.6. The van der Waals surface area contributed by atoms with E-state index in [0.717, 1.165) is 10.0 Å². The molecule has 3 nitrogen and oxygen atoms in total. The Morgan fingerprint density at radius 2 is 2.07 bits per heavy atom. The van der Waals surface area contributed by atoms with E-state index < -0.39 is 6.09 Å². The zero-order valence-electron chi connectivity index (χ0n) is 7.21. The third-order valence-electron chi connectivity index (χ3n) is 1.66. The highest BCUT2D eigenvalue weighted by atomic mass is 79.9. The van der Waals surface area contributed by atoms with Crippen molar-refractivity contribution in [1.29, 1.82) is 0 Å². The van der Waals surface area contributed by atoms with E-state index in [0.29, 0.717) is 0 Å². The molecular weight excluding hydrogens is 269 g/mol. The van der Waals surface area contributed by atoms with Crippen molar-refractivity contribution >= 4 is 33.6 Å². The number of amides is 1. The van der Waals surface area contributed by atoms with Gasteiger partial charge in [0, 0.05) is 11.0 Å². The van der Waals surface area contributed by atoms with Crippen LogP contribution in [-0.4, -0.2) is 17.7 Å². The lowest BCUT2D eigenvalue weighted by molar-refractivity contribution is 0.194. The molecule has 1 atom stereocenters. The number of halogens is 2. The highest BCUT2D eigenvalue weighted by Gasteiger charge is 2.08. The van der Waals surface area contributed by atoms with E-state index in [1.165, 1.54) is 0 Å². The first-order valence-corrected chi connectivity index (χ1v) is 5.19. The van der Waals surface area contributed by atoms with Crippen LogP contribution in [0.25, 0.3) is 0 Å². The lowest BCUT2D eigenvalue weighted by atomic mass is 10.1. The van der Waals surface area contributed by atoms with Crippen molar-refractivity contribution in [2.45, 2.75) is 5.38 Å². The molecule has 76 valence electrons. The van der Waals surface area contributed by atoms with Crippen molar-refractivity contribution in [3.05, 3.63) is 34.3 Å². The predicted molar refractivity (Wildman–Crippen MR) is 58.8 cm³/mol. The number of benzene rings is 1. The van der Waals surface area contributed by atoms with Crippen LogP contribution in [-0.2, 0) is 0 Å². The minimum absolute atomic E-state index is 0.207. The third-order valence-corrected chi connectivity index (χ3v) is 2.60. The van der Waals surface area contributed by atoms with E-state index in [1.807, 2.05) is 24.3 Å². The maximum absolute atomic E-state index is 10.2.